The number of aliphatic hydroxyl groups is 7. The molecule has 29 heavy (non-hydrogen) atoms. The molecule has 11 atom stereocenters. The predicted molar refractivity (Wildman–Crippen MR) is 89.4 cm³/mol. The zero-order valence-corrected chi connectivity index (χ0v) is 15.7. The predicted octanol–water partition coefficient (Wildman–Crippen LogP) is -4.07. The monoisotopic (exact) mass is 422 g/mol. The van der Waals surface area contributed by atoms with Crippen molar-refractivity contribution in [2.24, 2.45) is 11.8 Å². The van der Waals surface area contributed by atoms with Gasteiger partial charge in [0.05, 0.1) is 25.7 Å². The molecule has 3 aliphatic rings. The van der Waals surface area contributed by atoms with Crippen molar-refractivity contribution in [3.8, 4) is 0 Å². The van der Waals surface area contributed by atoms with E-state index in [1.54, 1.807) is 0 Å². The van der Waals surface area contributed by atoms with Crippen LogP contribution in [0.3, 0.4) is 0 Å². The molecule has 1 saturated carbocycles. The average Bonchev–Trinajstić information content (AvgIpc) is 2.88. The number of rotatable bonds is 4. The van der Waals surface area contributed by atoms with E-state index in [1.807, 2.05) is 0 Å². The molecule has 2 heterocycles. The highest BCUT2D eigenvalue weighted by atomic mass is 16.8. The smallest absolute Gasteiger partial charge is 0.339 e. The Morgan fingerprint density at radius 3 is 2.34 bits per heavy atom. The summed E-state index contributed by atoms with van der Waals surface area (Å²) < 4.78 is 20.8. The van der Waals surface area contributed by atoms with E-state index in [0.29, 0.717) is 0 Å². The van der Waals surface area contributed by atoms with Crippen molar-refractivity contribution in [2.75, 3.05) is 13.7 Å². The molecule has 1 aliphatic carbocycles. The Kier molecular flexibility index (Phi) is 6.21. The van der Waals surface area contributed by atoms with Gasteiger partial charge in [-0.05, 0) is 5.92 Å². The second-order valence-corrected chi connectivity index (χ2v) is 7.51. The third-order valence-corrected chi connectivity index (χ3v) is 5.95. The molecule has 0 aromatic heterocycles. The molecule has 0 amide bonds. The number of fused-ring (bicyclic) bond motifs is 1. The van der Waals surface area contributed by atoms with Gasteiger partial charge in [0.25, 0.3) is 0 Å². The van der Waals surface area contributed by atoms with Crippen molar-refractivity contribution in [1.82, 2.24) is 0 Å². The third kappa shape index (κ3) is 3.34. The van der Waals surface area contributed by atoms with E-state index in [1.165, 1.54) is 6.92 Å². The van der Waals surface area contributed by atoms with E-state index in [2.05, 4.69) is 4.74 Å². The number of ether oxygens (including phenoxy) is 4. The van der Waals surface area contributed by atoms with E-state index >= 15 is 0 Å². The molecule has 0 unspecified atom stereocenters. The van der Waals surface area contributed by atoms with Gasteiger partial charge in [0, 0.05) is 0 Å². The fourth-order valence-electron chi connectivity index (χ4n) is 4.22. The normalized spacial score (nSPS) is 49.8. The first-order chi connectivity index (χ1) is 13.6. The maximum atomic E-state index is 12.1. The Balaban J connectivity index is 1.91. The summed E-state index contributed by atoms with van der Waals surface area (Å²) in [4.78, 5) is 12.1. The Morgan fingerprint density at radius 2 is 1.76 bits per heavy atom. The number of aliphatic hydroxyl groups excluding tert-OH is 6. The largest absolute Gasteiger partial charge is 0.471 e. The molecule has 2 fully saturated rings. The van der Waals surface area contributed by atoms with Gasteiger partial charge in [-0.25, -0.2) is 4.79 Å². The lowest BCUT2D eigenvalue weighted by molar-refractivity contribution is -0.347. The van der Waals surface area contributed by atoms with Gasteiger partial charge in [-0.15, -0.1) is 0 Å². The minimum atomic E-state index is -2.29. The standard InChI is InChI=1S/C17H26O12/c1-5-8-15(29-16-12(22)11(21)10(20)7(3-18)28-16)27-4-6(14(24)26-2)17(8,25)13(23)9(5)19/h4-5,7-13,15-16,18-23,25H,3H2,1-2H3/t5-,7-,8-,9+,10+,11+,12+,13+,15-,16+,17+/m0/s1. The third-order valence-electron chi connectivity index (χ3n) is 5.95. The van der Waals surface area contributed by atoms with Crippen LogP contribution in [-0.4, -0.2) is 110 Å². The fraction of sp³-hybridized carbons (Fsp3) is 0.824. The van der Waals surface area contributed by atoms with E-state index in [-0.39, 0.29) is 0 Å². The zero-order valence-electron chi connectivity index (χ0n) is 15.7. The molecule has 3 rings (SSSR count). The van der Waals surface area contributed by atoms with E-state index in [0.717, 1.165) is 13.4 Å². The molecule has 12 heteroatoms. The number of hydrogen-bond acceptors (Lipinski definition) is 12. The minimum absolute atomic E-state index is 0.422. The van der Waals surface area contributed by atoms with Crippen molar-refractivity contribution in [1.29, 1.82) is 0 Å². The minimum Gasteiger partial charge on any atom is -0.471 e. The first-order valence-corrected chi connectivity index (χ1v) is 9.08. The van der Waals surface area contributed by atoms with Crippen molar-refractivity contribution >= 4 is 5.97 Å². The molecule has 0 aromatic carbocycles. The highest BCUT2D eigenvalue weighted by molar-refractivity contribution is 5.91. The molecular formula is C17H26O12. The number of carbonyl (C=O) groups excluding carboxylic acids is 1. The van der Waals surface area contributed by atoms with Crippen LogP contribution < -0.4 is 0 Å². The number of hydrogen-bond donors (Lipinski definition) is 7. The summed E-state index contributed by atoms with van der Waals surface area (Å²) in [5.41, 5.74) is -2.71. The van der Waals surface area contributed by atoms with Crippen LogP contribution in [0.1, 0.15) is 6.92 Å². The van der Waals surface area contributed by atoms with Crippen molar-refractivity contribution in [3.63, 3.8) is 0 Å². The molecule has 7 N–H and O–H groups in total. The van der Waals surface area contributed by atoms with Crippen LogP contribution in [0.5, 0.6) is 0 Å². The van der Waals surface area contributed by atoms with Crippen LogP contribution >= 0.6 is 0 Å². The molecule has 2 aliphatic heterocycles. The quantitative estimate of drug-likeness (QED) is 0.217. The van der Waals surface area contributed by atoms with Gasteiger partial charge < -0.3 is 54.7 Å². The second kappa shape index (κ2) is 8.06. The van der Waals surface area contributed by atoms with E-state index in [4.69, 9.17) is 14.2 Å². The molecule has 0 bridgehead atoms. The fourth-order valence-corrected chi connectivity index (χ4v) is 4.22. The SMILES string of the molecule is COC(=O)C1=CO[C@@H](O[C@H]2O[C@@H](CO)[C@@H](O)[C@@H](O)[C@H]2O)[C@@H]2[C@H](C)[C@@H](O)[C@@H](O)[C@@]12O. The summed E-state index contributed by atoms with van der Waals surface area (Å²) in [7, 11) is 1.07. The maximum Gasteiger partial charge on any atom is 0.339 e. The summed E-state index contributed by atoms with van der Waals surface area (Å²) in [6.45, 7) is 0.813. The van der Waals surface area contributed by atoms with Gasteiger partial charge in [0.1, 0.15) is 48.0 Å². The summed E-state index contributed by atoms with van der Waals surface area (Å²) >= 11 is 0. The van der Waals surface area contributed by atoms with Crippen molar-refractivity contribution in [3.05, 3.63) is 11.8 Å². The maximum absolute atomic E-state index is 12.1. The number of esters is 1. The molecular weight excluding hydrogens is 396 g/mol. The van der Waals surface area contributed by atoms with Crippen LogP contribution in [0.15, 0.2) is 11.8 Å². The average molecular weight is 422 g/mol. The highest BCUT2D eigenvalue weighted by Gasteiger charge is 2.66. The number of methoxy groups -OCH3 is 1. The number of carbonyl (C=O) groups is 1. The lowest BCUT2D eigenvalue weighted by Gasteiger charge is -2.45. The van der Waals surface area contributed by atoms with Crippen molar-refractivity contribution in [2.45, 2.75) is 61.7 Å². The second-order valence-electron chi connectivity index (χ2n) is 7.51. The molecule has 0 radical (unpaired) electrons. The van der Waals surface area contributed by atoms with Crippen LogP contribution in [0.2, 0.25) is 0 Å². The van der Waals surface area contributed by atoms with Gasteiger partial charge >= 0.3 is 5.97 Å². The summed E-state index contributed by atoms with van der Waals surface area (Å²) in [6, 6.07) is 0. The Hall–Kier alpha value is -1.35. The Labute approximate surface area is 165 Å². The summed E-state index contributed by atoms with van der Waals surface area (Å²) in [6.07, 6.45) is -11.7. The van der Waals surface area contributed by atoms with Crippen molar-refractivity contribution < 1.29 is 59.5 Å². The van der Waals surface area contributed by atoms with Crippen LogP contribution in [-0.2, 0) is 23.7 Å². The van der Waals surface area contributed by atoms with Crippen LogP contribution in [0.4, 0.5) is 0 Å². The molecule has 0 spiro atoms. The van der Waals surface area contributed by atoms with Gasteiger partial charge in [-0.3, -0.25) is 0 Å². The van der Waals surface area contributed by atoms with E-state index in [9.17, 15) is 40.5 Å². The van der Waals surface area contributed by atoms with Crippen LogP contribution in [0, 0.1) is 11.8 Å². The van der Waals surface area contributed by atoms with Crippen LogP contribution in [0.25, 0.3) is 0 Å². The molecule has 1 saturated heterocycles. The van der Waals surface area contributed by atoms with Gasteiger partial charge in [-0.1, -0.05) is 6.92 Å². The molecule has 166 valence electrons. The molecule has 12 nitrogen and oxygen atoms in total. The lowest BCUT2D eigenvalue weighted by Crippen LogP contribution is -2.61. The van der Waals surface area contributed by atoms with Gasteiger partial charge in [0.2, 0.25) is 6.29 Å². The Morgan fingerprint density at radius 1 is 1.10 bits per heavy atom. The Bertz CT molecular complexity index is 652. The highest BCUT2D eigenvalue weighted by Crippen LogP contribution is 2.50. The van der Waals surface area contributed by atoms with Gasteiger partial charge in [-0.2, -0.15) is 0 Å². The zero-order chi connectivity index (χ0) is 21.7. The summed E-state index contributed by atoms with van der Waals surface area (Å²) in [5, 5.41) is 71.1. The van der Waals surface area contributed by atoms with E-state index < -0.39 is 84.8 Å². The first-order valence-electron chi connectivity index (χ1n) is 9.08. The first kappa shape index (κ1) is 22.3. The topological polar surface area (TPSA) is 196 Å². The lowest BCUT2D eigenvalue weighted by atomic mass is 9.78. The summed E-state index contributed by atoms with van der Waals surface area (Å²) in [5.74, 6) is -3.01. The molecule has 0 aromatic rings. The van der Waals surface area contributed by atoms with Gasteiger partial charge in [0.15, 0.2) is 6.29 Å².